The zero-order chi connectivity index (χ0) is 11.1. The minimum absolute atomic E-state index is 0.104. The number of nitriles is 1. The Labute approximate surface area is 91.2 Å². The van der Waals surface area contributed by atoms with Crippen molar-refractivity contribution in [3.63, 3.8) is 0 Å². The third-order valence-corrected chi connectivity index (χ3v) is 2.77. The largest absolute Gasteiger partial charge is 0.394 e. The number of aliphatic hydroxyl groups is 1. The van der Waals surface area contributed by atoms with Crippen molar-refractivity contribution >= 4 is 0 Å². The predicted molar refractivity (Wildman–Crippen MR) is 60.3 cm³/mol. The van der Waals surface area contributed by atoms with E-state index in [1.54, 1.807) is 0 Å². The van der Waals surface area contributed by atoms with E-state index in [4.69, 9.17) is 0 Å². The van der Waals surface area contributed by atoms with Crippen molar-refractivity contribution in [2.45, 2.75) is 31.6 Å². The molecule has 1 rings (SSSR count). The molecular weight excluding hydrogens is 186 g/mol. The van der Waals surface area contributed by atoms with Gasteiger partial charge < -0.3 is 5.11 Å². The van der Waals surface area contributed by atoms with E-state index >= 15 is 0 Å². The Morgan fingerprint density at radius 3 is 2.47 bits per heavy atom. The first-order chi connectivity index (χ1) is 7.29. The van der Waals surface area contributed by atoms with E-state index in [1.807, 2.05) is 30.3 Å². The van der Waals surface area contributed by atoms with Crippen LogP contribution in [0, 0.1) is 11.3 Å². The fraction of sp³-hybridized carbons (Fsp3) is 0.462. The molecule has 0 aliphatic heterocycles. The van der Waals surface area contributed by atoms with Gasteiger partial charge in [0.2, 0.25) is 0 Å². The van der Waals surface area contributed by atoms with Gasteiger partial charge in [-0.3, -0.25) is 0 Å². The Morgan fingerprint density at radius 2 is 2.00 bits per heavy atom. The molecule has 0 aromatic heterocycles. The summed E-state index contributed by atoms with van der Waals surface area (Å²) < 4.78 is 0. The van der Waals surface area contributed by atoms with E-state index in [9.17, 15) is 10.4 Å². The molecule has 15 heavy (non-hydrogen) atoms. The summed E-state index contributed by atoms with van der Waals surface area (Å²) in [6, 6.07) is 11.8. The summed E-state index contributed by atoms with van der Waals surface area (Å²) in [6.07, 6.45) is 2.72. The summed E-state index contributed by atoms with van der Waals surface area (Å²) in [4.78, 5) is 0. The van der Waals surface area contributed by atoms with Crippen molar-refractivity contribution in [1.29, 1.82) is 5.26 Å². The minimum Gasteiger partial charge on any atom is -0.394 e. The zero-order valence-electron chi connectivity index (χ0n) is 9.11. The quantitative estimate of drug-likeness (QED) is 0.799. The average Bonchev–Trinajstić information content (AvgIpc) is 2.33. The molecule has 0 aliphatic carbocycles. The molecule has 0 radical (unpaired) electrons. The first-order valence-electron chi connectivity index (χ1n) is 5.36. The van der Waals surface area contributed by atoms with Crippen LogP contribution in [-0.2, 0) is 5.41 Å². The number of rotatable bonds is 5. The number of aliphatic hydroxyl groups excluding tert-OH is 1. The molecule has 1 aromatic carbocycles. The SMILES string of the molecule is CCCC[C@@](C#N)(CO)c1ccccc1. The van der Waals surface area contributed by atoms with Crippen LogP contribution >= 0.6 is 0 Å². The molecule has 1 N–H and O–H groups in total. The molecule has 1 aromatic rings. The molecule has 80 valence electrons. The maximum Gasteiger partial charge on any atom is 0.105 e. The summed E-state index contributed by atoms with van der Waals surface area (Å²) in [7, 11) is 0. The molecule has 0 saturated carbocycles. The second-order valence-electron chi connectivity index (χ2n) is 3.82. The van der Waals surface area contributed by atoms with Crippen molar-refractivity contribution in [2.75, 3.05) is 6.61 Å². The van der Waals surface area contributed by atoms with Gasteiger partial charge in [-0.25, -0.2) is 0 Å². The molecule has 0 amide bonds. The molecule has 2 heteroatoms. The Bertz CT molecular complexity index is 328. The maximum atomic E-state index is 9.43. The second-order valence-corrected chi connectivity index (χ2v) is 3.82. The van der Waals surface area contributed by atoms with Crippen LogP contribution in [0.5, 0.6) is 0 Å². The topological polar surface area (TPSA) is 44.0 Å². The van der Waals surface area contributed by atoms with Gasteiger partial charge in [-0.1, -0.05) is 50.1 Å². The molecule has 0 spiro atoms. The summed E-state index contributed by atoms with van der Waals surface area (Å²) in [6.45, 7) is 1.98. The van der Waals surface area contributed by atoms with E-state index in [-0.39, 0.29) is 6.61 Å². The smallest absolute Gasteiger partial charge is 0.105 e. The van der Waals surface area contributed by atoms with Crippen LogP contribution in [0.4, 0.5) is 0 Å². The third-order valence-electron chi connectivity index (χ3n) is 2.77. The highest BCUT2D eigenvalue weighted by Gasteiger charge is 2.30. The van der Waals surface area contributed by atoms with Crippen LogP contribution in [-0.4, -0.2) is 11.7 Å². The molecule has 0 aliphatic rings. The highest BCUT2D eigenvalue weighted by atomic mass is 16.3. The first kappa shape index (κ1) is 11.7. The van der Waals surface area contributed by atoms with Gasteiger partial charge >= 0.3 is 0 Å². The Morgan fingerprint density at radius 1 is 1.33 bits per heavy atom. The predicted octanol–water partition coefficient (Wildman–Crippen LogP) is 2.63. The van der Waals surface area contributed by atoms with E-state index in [0.717, 1.165) is 24.8 Å². The van der Waals surface area contributed by atoms with Crippen LogP contribution in [0.2, 0.25) is 0 Å². The highest BCUT2D eigenvalue weighted by Crippen LogP contribution is 2.28. The average molecular weight is 203 g/mol. The summed E-state index contributed by atoms with van der Waals surface area (Å²) in [5, 5.41) is 18.7. The number of hydrogen-bond acceptors (Lipinski definition) is 2. The number of hydrogen-bond donors (Lipinski definition) is 1. The minimum atomic E-state index is -0.711. The van der Waals surface area contributed by atoms with Crippen molar-refractivity contribution in [3.05, 3.63) is 35.9 Å². The second kappa shape index (κ2) is 5.53. The molecule has 1 atom stereocenters. The Balaban J connectivity index is 2.96. The van der Waals surface area contributed by atoms with Crippen LogP contribution in [0.25, 0.3) is 0 Å². The van der Waals surface area contributed by atoms with Gasteiger partial charge in [-0.15, -0.1) is 0 Å². The third kappa shape index (κ3) is 2.57. The molecule has 0 saturated heterocycles. The number of nitrogens with zero attached hydrogens (tertiary/aromatic N) is 1. The van der Waals surface area contributed by atoms with Crippen molar-refractivity contribution < 1.29 is 5.11 Å². The molecule has 0 heterocycles. The lowest BCUT2D eigenvalue weighted by molar-refractivity contribution is 0.219. The monoisotopic (exact) mass is 203 g/mol. The molecular formula is C13H17NO. The van der Waals surface area contributed by atoms with Crippen LogP contribution < -0.4 is 0 Å². The molecule has 0 bridgehead atoms. The van der Waals surface area contributed by atoms with E-state index in [2.05, 4.69) is 13.0 Å². The fourth-order valence-corrected chi connectivity index (χ4v) is 1.71. The van der Waals surface area contributed by atoms with E-state index < -0.39 is 5.41 Å². The summed E-state index contributed by atoms with van der Waals surface area (Å²) in [5.74, 6) is 0. The van der Waals surface area contributed by atoms with Gasteiger partial charge in [0.25, 0.3) is 0 Å². The summed E-state index contributed by atoms with van der Waals surface area (Å²) in [5.41, 5.74) is 0.209. The van der Waals surface area contributed by atoms with Gasteiger partial charge in [0.1, 0.15) is 5.41 Å². The van der Waals surface area contributed by atoms with Gasteiger partial charge in [0.15, 0.2) is 0 Å². The van der Waals surface area contributed by atoms with Gasteiger partial charge in [-0.05, 0) is 12.0 Å². The van der Waals surface area contributed by atoms with Gasteiger partial charge in [-0.2, -0.15) is 5.26 Å². The van der Waals surface area contributed by atoms with Crippen LogP contribution in [0.3, 0.4) is 0 Å². The van der Waals surface area contributed by atoms with Gasteiger partial charge in [0.05, 0.1) is 12.7 Å². The molecule has 2 nitrogen and oxygen atoms in total. The first-order valence-corrected chi connectivity index (χ1v) is 5.36. The Hall–Kier alpha value is -1.33. The Kier molecular flexibility index (Phi) is 4.33. The van der Waals surface area contributed by atoms with Crippen molar-refractivity contribution in [1.82, 2.24) is 0 Å². The highest BCUT2D eigenvalue weighted by molar-refractivity contribution is 5.32. The maximum absolute atomic E-state index is 9.43. The number of unbranched alkanes of at least 4 members (excludes halogenated alkanes) is 1. The van der Waals surface area contributed by atoms with Crippen molar-refractivity contribution in [3.8, 4) is 6.07 Å². The fourth-order valence-electron chi connectivity index (χ4n) is 1.71. The zero-order valence-corrected chi connectivity index (χ0v) is 9.11. The van der Waals surface area contributed by atoms with Gasteiger partial charge in [0, 0.05) is 0 Å². The molecule has 0 fully saturated rings. The summed E-state index contributed by atoms with van der Waals surface area (Å²) >= 11 is 0. The van der Waals surface area contributed by atoms with E-state index in [0.29, 0.717) is 0 Å². The lowest BCUT2D eigenvalue weighted by Crippen LogP contribution is -2.28. The number of benzene rings is 1. The van der Waals surface area contributed by atoms with E-state index in [1.165, 1.54) is 0 Å². The lowest BCUT2D eigenvalue weighted by Gasteiger charge is -2.24. The lowest BCUT2D eigenvalue weighted by atomic mass is 9.78. The normalized spacial score (nSPS) is 14.2. The van der Waals surface area contributed by atoms with Crippen molar-refractivity contribution in [2.24, 2.45) is 0 Å². The molecule has 0 unspecified atom stereocenters. The standard InChI is InChI=1S/C13H17NO/c1-2-3-9-13(10-14,11-15)12-7-5-4-6-8-12/h4-8,15H,2-3,9,11H2,1H3/t13-/m1/s1. The van der Waals surface area contributed by atoms with Crippen LogP contribution in [0.1, 0.15) is 31.7 Å². The van der Waals surface area contributed by atoms with Crippen LogP contribution in [0.15, 0.2) is 30.3 Å².